The number of hydrogen-bond donors (Lipinski definition) is 1. The normalized spacial score (nSPS) is 10.2. The van der Waals surface area contributed by atoms with Gasteiger partial charge in [-0.1, -0.05) is 12.1 Å². The third kappa shape index (κ3) is 4.46. The fourth-order valence-electron chi connectivity index (χ4n) is 2.03. The third-order valence-electron chi connectivity index (χ3n) is 3.19. The zero-order chi connectivity index (χ0) is 16.8. The molecule has 0 aliphatic heterocycles. The van der Waals surface area contributed by atoms with Crippen LogP contribution in [0.5, 0.6) is 5.75 Å². The number of nitro benzene ring substituents is 1. The molecule has 0 unspecified atom stereocenters. The van der Waals surface area contributed by atoms with Gasteiger partial charge in [-0.2, -0.15) is 0 Å². The number of amides is 1. The quantitative estimate of drug-likeness (QED) is 0.497. The highest BCUT2D eigenvalue weighted by Crippen LogP contribution is 2.29. The van der Waals surface area contributed by atoms with Gasteiger partial charge in [0.25, 0.3) is 5.69 Å². The van der Waals surface area contributed by atoms with Gasteiger partial charge in [0.1, 0.15) is 5.75 Å². The Kier molecular flexibility index (Phi) is 5.59. The minimum Gasteiger partial charge on any atom is -0.495 e. The van der Waals surface area contributed by atoms with E-state index in [2.05, 4.69) is 5.32 Å². The maximum absolute atomic E-state index is 12.1. The molecule has 0 heterocycles. The van der Waals surface area contributed by atoms with E-state index in [0.717, 1.165) is 10.5 Å². The van der Waals surface area contributed by atoms with Gasteiger partial charge in [0.2, 0.25) is 5.91 Å². The Morgan fingerprint density at radius 3 is 2.52 bits per heavy atom. The van der Waals surface area contributed by atoms with Crippen LogP contribution in [0.4, 0.5) is 11.4 Å². The highest BCUT2D eigenvalue weighted by atomic mass is 32.2. The van der Waals surface area contributed by atoms with Crippen LogP contribution in [-0.2, 0) is 11.2 Å². The number of methoxy groups -OCH3 is 1. The van der Waals surface area contributed by atoms with Crippen molar-refractivity contribution in [2.24, 2.45) is 0 Å². The molecule has 1 amide bonds. The number of hydrogen-bond acceptors (Lipinski definition) is 5. The van der Waals surface area contributed by atoms with Crippen LogP contribution in [0.25, 0.3) is 0 Å². The number of rotatable bonds is 6. The van der Waals surface area contributed by atoms with Gasteiger partial charge >= 0.3 is 0 Å². The summed E-state index contributed by atoms with van der Waals surface area (Å²) in [6.45, 7) is 0. The molecule has 2 aromatic carbocycles. The van der Waals surface area contributed by atoms with E-state index in [1.165, 1.54) is 25.3 Å². The molecule has 7 heteroatoms. The Balaban J connectivity index is 2.12. The number of carbonyl (C=O) groups is 1. The summed E-state index contributed by atoms with van der Waals surface area (Å²) in [5.74, 6) is 0.113. The zero-order valence-corrected chi connectivity index (χ0v) is 13.6. The third-order valence-corrected chi connectivity index (χ3v) is 3.94. The molecule has 2 rings (SSSR count). The van der Waals surface area contributed by atoms with Crippen molar-refractivity contribution in [3.05, 3.63) is 58.1 Å². The molecule has 0 fully saturated rings. The molecular formula is C16H16N2O4S. The number of nitro groups is 1. The smallest absolute Gasteiger partial charge is 0.271 e. The topological polar surface area (TPSA) is 81.5 Å². The predicted octanol–water partition coefficient (Wildman–Crippen LogP) is 3.51. The zero-order valence-electron chi connectivity index (χ0n) is 12.7. The minimum absolute atomic E-state index is 0.106. The van der Waals surface area contributed by atoms with Gasteiger partial charge in [-0.3, -0.25) is 14.9 Å². The van der Waals surface area contributed by atoms with Gasteiger partial charge in [-0.25, -0.2) is 0 Å². The SMILES string of the molecule is COc1ccc([N+](=O)[O-])cc1NC(=O)Cc1ccc(SC)cc1. The molecule has 1 N–H and O–H groups in total. The van der Waals surface area contributed by atoms with E-state index in [-0.39, 0.29) is 23.7 Å². The van der Waals surface area contributed by atoms with Gasteiger partial charge in [-0.15, -0.1) is 11.8 Å². The number of carbonyl (C=O) groups excluding carboxylic acids is 1. The van der Waals surface area contributed by atoms with Gasteiger partial charge in [0.15, 0.2) is 0 Å². The standard InChI is InChI=1S/C16H16N2O4S/c1-22-15-8-5-12(18(20)21)10-14(15)17-16(19)9-11-3-6-13(23-2)7-4-11/h3-8,10H,9H2,1-2H3,(H,17,19). The van der Waals surface area contributed by atoms with E-state index in [4.69, 9.17) is 4.74 Å². The van der Waals surface area contributed by atoms with Crippen molar-refractivity contribution in [3.63, 3.8) is 0 Å². The predicted molar refractivity (Wildman–Crippen MR) is 90.2 cm³/mol. The Morgan fingerprint density at radius 1 is 1.26 bits per heavy atom. The first-order valence-electron chi connectivity index (χ1n) is 6.78. The molecule has 0 spiro atoms. The minimum atomic E-state index is -0.518. The fourth-order valence-corrected chi connectivity index (χ4v) is 2.44. The first-order chi connectivity index (χ1) is 11.0. The summed E-state index contributed by atoms with van der Waals surface area (Å²) in [7, 11) is 1.44. The van der Waals surface area contributed by atoms with Gasteiger partial charge < -0.3 is 10.1 Å². The summed E-state index contributed by atoms with van der Waals surface area (Å²) >= 11 is 1.63. The second-order valence-electron chi connectivity index (χ2n) is 4.71. The molecule has 0 atom stereocenters. The molecule has 0 aliphatic carbocycles. The lowest BCUT2D eigenvalue weighted by Crippen LogP contribution is -2.15. The number of nitrogens with zero attached hydrogens (tertiary/aromatic N) is 1. The lowest BCUT2D eigenvalue weighted by molar-refractivity contribution is -0.384. The molecule has 0 aromatic heterocycles. The van der Waals surface area contributed by atoms with Crippen molar-refractivity contribution < 1.29 is 14.5 Å². The Hall–Kier alpha value is -2.54. The second-order valence-corrected chi connectivity index (χ2v) is 5.59. The monoisotopic (exact) mass is 332 g/mol. The molecule has 23 heavy (non-hydrogen) atoms. The molecule has 0 saturated heterocycles. The number of nitrogens with one attached hydrogen (secondary N) is 1. The van der Waals surface area contributed by atoms with E-state index < -0.39 is 4.92 Å². The summed E-state index contributed by atoms with van der Waals surface area (Å²) in [5, 5.41) is 13.5. The van der Waals surface area contributed by atoms with Crippen molar-refractivity contribution in [2.45, 2.75) is 11.3 Å². The number of non-ortho nitro benzene ring substituents is 1. The summed E-state index contributed by atoms with van der Waals surface area (Å²) in [6, 6.07) is 11.7. The molecule has 0 saturated carbocycles. The fraction of sp³-hybridized carbons (Fsp3) is 0.188. The van der Waals surface area contributed by atoms with E-state index in [0.29, 0.717) is 5.75 Å². The van der Waals surface area contributed by atoms with Crippen LogP contribution in [0.1, 0.15) is 5.56 Å². The number of thioether (sulfide) groups is 1. The van der Waals surface area contributed by atoms with Gasteiger partial charge in [-0.05, 0) is 30.0 Å². The first kappa shape index (κ1) is 16.8. The molecule has 2 aromatic rings. The summed E-state index contributed by atoms with van der Waals surface area (Å²) in [4.78, 5) is 23.6. The molecule has 120 valence electrons. The van der Waals surface area contributed by atoms with Crippen molar-refractivity contribution >= 4 is 29.0 Å². The van der Waals surface area contributed by atoms with Crippen molar-refractivity contribution in [1.29, 1.82) is 0 Å². The number of benzene rings is 2. The van der Waals surface area contributed by atoms with Crippen LogP contribution < -0.4 is 10.1 Å². The summed E-state index contributed by atoms with van der Waals surface area (Å²) in [6.07, 6.45) is 2.16. The van der Waals surface area contributed by atoms with Crippen molar-refractivity contribution in [1.82, 2.24) is 0 Å². The second kappa shape index (κ2) is 7.64. The summed E-state index contributed by atoms with van der Waals surface area (Å²) < 4.78 is 5.12. The number of anilines is 1. The Morgan fingerprint density at radius 2 is 1.96 bits per heavy atom. The molecule has 0 bridgehead atoms. The van der Waals surface area contributed by atoms with E-state index in [9.17, 15) is 14.9 Å². The maximum atomic E-state index is 12.1. The van der Waals surface area contributed by atoms with Crippen LogP contribution in [0.15, 0.2) is 47.4 Å². The Labute approximate surface area is 138 Å². The average Bonchev–Trinajstić information content (AvgIpc) is 2.55. The molecule has 6 nitrogen and oxygen atoms in total. The number of ether oxygens (including phenoxy) is 1. The van der Waals surface area contributed by atoms with Crippen molar-refractivity contribution in [2.75, 3.05) is 18.7 Å². The van der Waals surface area contributed by atoms with E-state index in [1.807, 2.05) is 30.5 Å². The Bertz CT molecular complexity index is 717. The van der Waals surface area contributed by atoms with Gasteiger partial charge in [0, 0.05) is 17.0 Å². The van der Waals surface area contributed by atoms with Gasteiger partial charge in [0.05, 0.1) is 24.1 Å². The van der Waals surface area contributed by atoms with Crippen molar-refractivity contribution in [3.8, 4) is 5.75 Å². The van der Waals surface area contributed by atoms with Crippen LogP contribution >= 0.6 is 11.8 Å². The highest BCUT2D eigenvalue weighted by molar-refractivity contribution is 7.98. The van der Waals surface area contributed by atoms with E-state index in [1.54, 1.807) is 11.8 Å². The van der Waals surface area contributed by atoms with Crippen LogP contribution in [0.3, 0.4) is 0 Å². The van der Waals surface area contributed by atoms with Crippen LogP contribution in [-0.4, -0.2) is 24.2 Å². The lowest BCUT2D eigenvalue weighted by atomic mass is 10.1. The molecule has 0 radical (unpaired) electrons. The maximum Gasteiger partial charge on any atom is 0.271 e. The lowest BCUT2D eigenvalue weighted by Gasteiger charge is -2.10. The van der Waals surface area contributed by atoms with Crippen LogP contribution in [0, 0.1) is 10.1 Å². The largest absolute Gasteiger partial charge is 0.495 e. The molecule has 0 aliphatic rings. The highest BCUT2D eigenvalue weighted by Gasteiger charge is 2.14. The van der Waals surface area contributed by atoms with Crippen LogP contribution in [0.2, 0.25) is 0 Å². The average molecular weight is 332 g/mol. The summed E-state index contributed by atoms with van der Waals surface area (Å²) in [5.41, 5.74) is 1.04. The molecular weight excluding hydrogens is 316 g/mol. The van der Waals surface area contributed by atoms with E-state index >= 15 is 0 Å². The first-order valence-corrected chi connectivity index (χ1v) is 8.01.